The molecule has 1 saturated heterocycles. The van der Waals surface area contributed by atoms with Gasteiger partial charge in [-0.1, -0.05) is 54.6 Å². The topological polar surface area (TPSA) is 29.5 Å². The summed E-state index contributed by atoms with van der Waals surface area (Å²) in [5.74, 6) is 3.28. The molecule has 0 radical (unpaired) electrons. The van der Waals surface area contributed by atoms with Crippen LogP contribution >= 0.6 is 0 Å². The molecule has 4 bridgehead atoms. The van der Waals surface area contributed by atoms with E-state index in [2.05, 4.69) is 53.4 Å². The largest absolute Gasteiger partial charge is 0.439 e. The molecule has 2 aromatic carbocycles. The number of carbonyl (C=O) groups excluding carboxylic acids is 1. The van der Waals surface area contributed by atoms with E-state index in [1.165, 1.54) is 43.2 Å². The third-order valence-electron chi connectivity index (χ3n) is 7.77. The summed E-state index contributed by atoms with van der Waals surface area (Å²) in [6, 6.07) is 19.4. The Hall–Kier alpha value is -2.29. The molecule has 0 aromatic heterocycles. The molecule has 3 heteroatoms. The lowest BCUT2D eigenvalue weighted by Gasteiger charge is -2.56. The van der Waals surface area contributed by atoms with Gasteiger partial charge in [-0.05, 0) is 72.5 Å². The zero-order valence-electron chi connectivity index (χ0n) is 16.2. The summed E-state index contributed by atoms with van der Waals surface area (Å²) >= 11 is 0. The Balaban J connectivity index is 1.20. The van der Waals surface area contributed by atoms with Crippen LogP contribution in [0.2, 0.25) is 0 Å². The summed E-state index contributed by atoms with van der Waals surface area (Å²) in [5.41, 5.74) is 3.53. The predicted molar refractivity (Wildman–Crippen MR) is 109 cm³/mol. The molecular weight excluding hydrogens is 346 g/mol. The highest BCUT2D eigenvalue weighted by Crippen LogP contribution is 2.55. The Morgan fingerprint density at radius 2 is 1.36 bits per heavy atom. The first-order chi connectivity index (χ1) is 13.7. The van der Waals surface area contributed by atoms with Gasteiger partial charge in [0.05, 0.1) is 6.54 Å². The fraction of sp³-hybridized carbons (Fsp3) is 0.480. The number of nitrogens with zero attached hydrogens (tertiary/aromatic N) is 1. The molecule has 1 heterocycles. The summed E-state index contributed by atoms with van der Waals surface area (Å²) in [6.45, 7) is 0.719. The number of carbonyl (C=O) groups is 1. The van der Waals surface area contributed by atoms with E-state index in [4.69, 9.17) is 4.74 Å². The van der Waals surface area contributed by atoms with Crippen LogP contribution in [-0.4, -0.2) is 23.6 Å². The second kappa shape index (κ2) is 6.37. The highest BCUT2D eigenvalue weighted by atomic mass is 16.6. The number of amides is 1. The quantitative estimate of drug-likeness (QED) is 0.693. The van der Waals surface area contributed by atoms with E-state index < -0.39 is 0 Å². The van der Waals surface area contributed by atoms with Crippen LogP contribution in [0.5, 0.6) is 0 Å². The summed E-state index contributed by atoms with van der Waals surface area (Å²) < 4.78 is 5.85. The maximum absolute atomic E-state index is 12.8. The third-order valence-corrected chi connectivity index (χ3v) is 7.77. The van der Waals surface area contributed by atoms with Crippen molar-refractivity contribution < 1.29 is 9.53 Å². The lowest BCUT2D eigenvalue weighted by molar-refractivity contribution is -0.0480. The van der Waals surface area contributed by atoms with Crippen LogP contribution in [0.15, 0.2) is 54.6 Å². The molecule has 0 spiro atoms. The van der Waals surface area contributed by atoms with E-state index in [-0.39, 0.29) is 12.2 Å². The summed E-state index contributed by atoms with van der Waals surface area (Å²) in [4.78, 5) is 14.9. The van der Waals surface area contributed by atoms with E-state index in [0.717, 1.165) is 23.9 Å². The first-order valence-electron chi connectivity index (χ1n) is 10.9. The summed E-state index contributed by atoms with van der Waals surface area (Å²) in [5, 5.41) is 0. The second-order valence-electron chi connectivity index (χ2n) is 9.43. The molecule has 1 unspecified atom stereocenters. The molecule has 2 aromatic rings. The summed E-state index contributed by atoms with van der Waals surface area (Å²) in [7, 11) is 0. The van der Waals surface area contributed by atoms with Gasteiger partial charge < -0.3 is 9.64 Å². The molecule has 1 aliphatic heterocycles. The Morgan fingerprint density at radius 3 is 2.00 bits per heavy atom. The van der Waals surface area contributed by atoms with Crippen molar-refractivity contribution in [2.45, 2.75) is 44.2 Å². The second-order valence-corrected chi connectivity index (χ2v) is 9.43. The molecule has 5 aliphatic rings. The molecule has 0 N–H and O–H groups in total. The predicted octanol–water partition coefficient (Wildman–Crippen LogP) is 5.67. The van der Waals surface area contributed by atoms with Crippen molar-refractivity contribution in [1.29, 1.82) is 0 Å². The van der Waals surface area contributed by atoms with Gasteiger partial charge in [0, 0.05) is 6.04 Å². The van der Waals surface area contributed by atoms with E-state index in [1.807, 2.05) is 6.07 Å². The van der Waals surface area contributed by atoms with Gasteiger partial charge in [0.25, 0.3) is 0 Å². The van der Waals surface area contributed by atoms with Gasteiger partial charge in [0.2, 0.25) is 0 Å². The molecule has 1 atom stereocenters. The Morgan fingerprint density at radius 1 is 0.750 bits per heavy atom. The lowest BCUT2D eigenvalue weighted by Crippen LogP contribution is -2.56. The van der Waals surface area contributed by atoms with Crippen molar-refractivity contribution in [3.05, 3.63) is 60.2 Å². The number of hydrogen-bond donors (Lipinski definition) is 0. The average Bonchev–Trinajstić information content (AvgIpc) is 3.09. The molecule has 3 nitrogen and oxygen atoms in total. The van der Waals surface area contributed by atoms with E-state index >= 15 is 0 Å². The first kappa shape index (κ1) is 16.6. The van der Waals surface area contributed by atoms with Crippen LogP contribution < -0.4 is 0 Å². The minimum Gasteiger partial charge on any atom is -0.439 e. The Kier molecular flexibility index (Phi) is 3.78. The average molecular weight is 373 g/mol. The molecule has 28 heavy (non-hydrogen) atoms. The normalized spacial score (nSPS) is 36.0. The zero-order chi connectivity index (χ0) is 18.7. The smallest absolute Gasteiger partial charge is 0.410 e. The number of benzene rings is 2. The number of hydrogen-bond acceptors (Lipinski definition) is 2. The van der Waals surface area contributed by atoms with Crippen LogP contribution in [0.1, 0.15) is 43.8 Å². The first-order valence-corrected chi connectivity index (χ1v) is 10.9. The standard InChI is InChI=1S/C25H27NO2/c27-25-26(24-21-11-16-10-17(13-21)14-22(24)12-16)15-23(28-25)20-8-6-19(7-9-20)18-4-2-1-3-5-18/h1-9,16-17,21-24H,10-15H2. The van der Waals surface area contributed by atoms with Crippen LogP contribution in [0.4, 0.5) is 4.79 Å². The van der Waals surface area contributed by atoms with Crippen molar-refractivity contribution in [3.8, 4) is 11.1 Å². The Labute approximate surface area is 166 Å². The van der Waals surface area contributed by atoms with Gasteiger partial charge in [0.1, 0.15) is 6.10 Å². The van der Waals surface area contributed by atoms with Crippen LogP contribution in [0.25, 0.3) is 11.1 Å². The van der Waals surface area contributed by atoms with Gasteiger partial charge in [-0.3, -0.25) is 0 Å². The van der Waals surface area contributed by atoms with Crippen LogP contribution in [-0.2, 0) is 4.74 Å². The number of rotatable bonds is 3. The van der Waals surface area contributed by atoms with Gasteiger partial charge in [-0.15, -0.1) is 0 Å². The third kappa shape index (κ3) is 2.67. The van der Waals surface area contributed by atoms with Crippen molar-refractivity contribution in [2.24, 2.45) is 23.7 Å². The van der Waals surface area contributed by atoms with Crippen LogP contribution in [0.3, 0.4) is 0 Å². The van der Waals surface area contributed by atoms with E-state index in [1.54, 1.807) is 0 Å². The Bertz CT molecular complexity index is 847. The van der Waals surface area contributed by atoms with Crippen molar-refractivity contribution >= 4 is 6.09 Å². The summed E-state index contributed by atoms with van der Waals surface area (Å²) in [6.07, 6.45) is 6.55. The van der Waals surface area contributed by atoms with Crippen molar-refractivity contribution in [3.63, 3.8) is 0 Å². The molecule has 144 valence electrons. The van der Waals surface area contributed by atoms with E-state index in [9.17, 15) is 4.79 Å². The molecule has 4 aliphatic carbocycles. The molecular formula is C25H27NO2. The molecule has 5 fully saturated rings. The number of ether oxygens (including phenoxy) is 1. The molecule has 1 amide bonds. The fourth-order valence-corrected chi connectivity index (χ4v) is 6.82. The maximum Gasteiger partial charge on any atom is 0.410 e. The maximum atomic E-state index is 12.8. The highest BCUT2D eigenvalue weighted by molar-refractivity contribution is 5.71. The molecule has 4 saturated carbocycles. The fourth-order valence-electron chi connectivity index (χ4n) is 6.82. The molecule has 7 rings (SSSR count). The zero-order valence-corrected chi connectivity index (χ0v) is 16.2. The van der Waals surface area contributed by atoms with E-state index in [0.29, 0.717) is 17.9 Å². The van der Waals surface area contributed by atoms with Crippen molar-refractivity contribution in [2.75, 3.05) is 6.54 Å². The van der Waals surface area contributed by atoms with Gasteiger partial charge in [-0.2, -0.15) is 0 Å². The monoisotopic (exact) mass is 373 g/mol. The lowest BCUT2D eigenvalue weighted by atomic mass is 9.54. The van der Waals surface area contributed by atoms with Gasteiger partial charge in [-0.25, -0.2) is 4.79 Å². The van der Waals surface area contributed by atoms with Crippen LogP contribution in [0, 0.1) is 23.7 Å². The van der Waals surface area contributed by atoms with Gasteiger partial charge in [0.15, 0.2) is 0 Å². The number of cyclic esters (lactones) is 1. The highest BCUT2D eigenvalue weighted by Gasteiger charge is 2.53. The minimum atomic E-state index is -0.130. The van der Waals surface area contributed by atoms with Crippen molar-refractivity contribution in [1.82, 2.24) is 4.90 Å². The minimum absolute atomic E-state index is 0.0883. The SMILES string of the molecule is O=C1OC(c2ccc(-c3ccccc3)cc2)CN1C1C2CC3CC(C2)CC1C3. The van der Waals surface area contributed by atoms with Gasteiger partial charge >= 0.3 is 6.09 Å².